The van der Waals surface area contributed by atoms with Crippen LogP contribution in [0.3, 0.4) is 0 Å². The summed E-state index contributed by atoms with van der Waals surface area (Å²) in [5.41, 5.74) is 0. The minimum absolute atomic E-state index is 0.224. The maximum absolute atomic E-state index is 5.98. The van der Waals surface area contributed by atoms with Crippen molar-refractivity contribution >= 4 is 8.32 Å². The van der Waals surface area contributed by atoms with Crippen molar-refractivity contribution in [3.63, 3.8) is 0 Å². The lowest BCUT2D eigenvalue weighted by Crippen LogP contribution is -2.40. The summed E-state index contributed by atoms with van der Waals surface area (Å²) in [6.45, 7) is 15.0. The zero-order valence-electron chi connectivity index (χ0n) is 11.2. The van der Waals surface area contributed by atoms with Gasteiger partial charge in [0.2, 0.25) is 8.32 Å². The van der Waals surface area contributed by atoms with Gasteiger partial charge in [-0.2, -0.15) is 0 Å². The Morgan fingerprint density at radius 2 is 1.73 bits per heavy atom. The SMILES string of the molecule is C=C(/C=C/N(C)C)O[Si](C)(C)C(C)(C)C. The first-order valence-electron chi connectivity index (χ1n) is 5.29. The van der Waals surface area contributed by atoms with Crippen LogP contribution < -0.4 is 0 Å². The lowest BCUT2D eigenvalue weighted by molar-refractivity contribution is 0.400. The molecule has 0 aliphatic carbocycles. The van der Waals surface area contributed by atoms with E-state index in [1.165, 1.54) is 0 Å². The van der Waals surface area contributed by atoms with Crippen LogP contribution >= 0.6 is 0 Å². The van der Waals surface area contributed by atoms with E-state index in [1.54, 1.807) is 0 Å². The third kappa shape index (κ3) is 5.07. The molecule has 0 heterocycles. The molecule has 0 aromatic heterocycles. The summed E-state index contributed by atoms with van der Waals surface area (Å²) >= 11 is 0. The molecule has 2 nitrogen and oxygen atoms in total. The number of nitrogens with zero attached hydrogens (tertiary/aromatic N) is 1. The minimum atomic E-state index is -1.71. The van der Waals surface area contributed by atoms with Crippen molar-refractivity contribution in [1.29, 1.82) is 0 Å². The van der Waals surface area contributed by atoms with Gasteiger partial charge in [0.25, 0.3) is 0 Å². The van der Waals surface area contributed by atoms with Crippen LogP contribution in [0.5, 0.6) is 0 Å². The Labute approximate surface area is 95.8 Å². The van der Waals surface area contributed by atoms with E-state index in [-0.39, 0.29) is 5.04 Å². The van der Waals surface area contributed by atoms with Crippen molar-refractivity contribution in [2.45, 2.75) is 38.9 Å². The third-order valence-electron chi connectivity index (χ3n) is 2.75. The molecule has 0 spiro atoms. The molecular formula is C12H25NOSi. The highest BCUT2D eigenvalue weighted by Crippen LogP contribution is 2.37. The van der Waals surface area contributed by atoms with Crippen LogP contribution in [0.25, 0.3) is 0 Å². The molecule has 88 valence electrons. The second-order valence-corrected chi connectivity index (χ2v) is 10.3. The van der Waals surface area contributed by atoms with Crippen molar-refractivity contribution in [2.24, 2.45) is 0 Å². The molecule has 0 bridgehead atoms. The largest absolute Gasteiger partial charge is 0.544 e. The Morgan fingerprint density at radius 1 is 1.27 bits per heavy atom. The molecule has 0 fully saturated rings. The van der Waals surface area contributed by atoms with Crippen LogP contribution in [-0.4, -0.2) is 27.3 Å². The van der Waals surface area contributed by atoms with Gasteiger partial charge in [0.15, 0.2) is 0 Å². The van der Waals surface area contributed by atoms with Gasteiger partial charge in [0, 0.05) is 20.3 Å². The van der Waals surface area contributed by atoms with Crippen molar-refractivity contribution < 1.29 is 4.43 Å². The second kappa shape index (κ2) is 4.88. The zero-order valence-corrected chi connectivity index (χ0v) is 12.2. The fourth-order valence-corrected chi connectivity index (χ4v) is 1.78. The Balaban J connectivity index is 4.42. The predicted octanol–water partition coefficient (Wildman–Crippen LogP) is 3.60. The zero-order chi connectivity index (χ0) is 12.3. The van der Waals surface area contributed by atoms with Crippen LogP contribution in [0.15, 0.2) is 24.6 Å². The molecule has 0 aromatic carbocycles. The average molecular weight is 227 g/mol. The Kier molecular flexibility index (Phi) is 4.65. The van der Waals surface area contributed by atoms with Gasteiger partial charge in [0.1, 0.15) is 0 Å². The summed E-state index contributed by atoms with van der Waals surface area (Å²) in [7, 11) is 2.26. The van der Waals surface area contributed by atoms with Crippen LogP contribution in [-0.2, 0) is 4.43 Å². The summed E-state index contributed by atoms with van der Waals surface area (Å²) in [5.74, 6) is 0.760. The Bertz CT molecular complexity index is 249. The van der Waals surface area contributed by atoms with Gasteiger partial charge in [-0.05, 0) is 24.2 Å². The van der Waals surface area contributed by atoms with Gasteiger partial charge < -0.3 is 9.33 Å². The molecule has 0 aromatic rings. The van der Waals surface area contributed by atoms with E-state index in [1.807, 2.05) is 31.3 Å². The standard InChI is InChI=1S/C12H25NOSi/c1-11(9-10-13(5)6)14-15(7,8)12(2,3)4/h9-10H,1H2,2-8H3/b10-9+. The molecule has 0 aliphatic heterocycles. The quantitative estimate of drug-likeness (QED) is 0.413. The molecule has 0 N–H and O–H groups in total. The first kappa shape index (κ1) is 14.3. The highest BCUT2D eigenvalue weighted by molar-refractivity contribution is 6.74. The van der Waals surface area contributed by atoms with E-state index >= 15 is 0 Å². The number of hydrogen-bond donors (Lipinski definition) is 0. The van der Waals surface area contributed by atoms with E-state index in [0.717, 1.165) is 5.76 Å². The summed E-state index contributed by atoms with van der Waals surface area (Å²) in [6.07, 6.45) is 3.87. The van der Waals surface area contributed by atoms with Gasteiger partial charge in [-0.1, -0.05) is 27.4 Å². The molecule has 0 amide bonds. The normalized spacial score (nSPS) is 13.0. The first-order valence-corrected chi connectivity index (χ1v) is 8.19. The highest BCUT2D eigenvalue weighted by atomic mass is 28.4. The maximum Gasteiger partial charge on any atom is 0.250 e. The van der Waals surface area contributed by atoms with E-state index in [9.17, 15) is 0 Å². The van der Waals surface area contributed by atoms with E-state index < -0.39 is 8.32 Å². The van der Waals surface area contributed by atoms with Gasteiger partial charge in [-0.3, -0.25) is 0 Å². The number of allylic oxidation sites excluding steroid dienone is 1. The molecule has 0 atom stereocenters. The van der Waals surface area contributed by atoms with Crippen LogP contribution in [0.2, 0.25) is 18.1 Å². The van der Waals surface area contributed by atoms with E-state index in [0.29, 0.717) is 0 Å². The Hall–Kier alpha value is -0.703. The predicted molar refractivity (Wildman–Crippen MR) is 70.2 cm³/mol. The fourth-order valence-electron chi connectivity index (χ4n) is 0.747. The highest BCUT2D eigenvalue weighted by Gasteiger charge is 2.38. The smallest absolute Gasteiger partial charge is 0.250 e. The first-order chi connectivity index (χ1) is 6.56. The van der Waals surface area contributed by atoms with Gasteiger partial charge in [-0.25, -0.2) is 0 Å². The van der Waals surface area contributed by atoms with Crippen LogP contribution in [0.1, 0.15) is 20.8 Å². The lowest BCUT2D eigenvalue weighted by Gasteiger charge is -2.36. The fraction of sp³-hybridized carbons (Fsp3) is 0.667. The minimum Gasteiger partial charge on any atom is -0.544 e. The maximum atomic E-state index is 5.98. The number of rotatable bonds is 4. The molecular weight excluding hydrogens is 202 g/mol. The van der Waals surface area contributed by atoms with Gasteiger partial charge in [0.05, 0.1) is 5.76 Å². The molecule has 0 unspecified atom stereocenters. The molecule has 3 heteroatoms. The summed E-state index contributed by atoms with van der Waals surface area (Å²) in [5, 5.41) is 0.224. The van der Waals surface area contributed by atoms with E-state index in [4.69, 9.17) is 4.43 Å². The van der Waals surface area contributed by atoms with Crippen LogP contribution in [0.4, 0.5) is 0 Å². The van der Waals surface area contributed by atoms with Crippen molar-refractivity contribution in [2.75, 3.05) is 14.1 Å². The van der Waals surface area contributed by atoms with Gasteiger partial charge >= 0.3 is 0 Å². The Morgan fingerprint density at radius 3 is 2.07 bits per heavy atom. The third-order valence-corrected chi connectivity index (χ3v) is 7.14. The summed E-state index contributed by atoms with van der Waals surface area (Å²) < 4.78 is 5.98. The van der Waals surface area contributed by atoms with Crippen molar-refractivity contribution in [3.05, 3.63) is 24.6 Å². The summed E-state index contributed by atoms with van der Waals surface area (Å²) in [4.78, 5) is 1.97. The molecule has 0 aliphatic rings. The topological polar surface area (TPSA) is 12.5 Å². The average Bonchev–Trinajstić information content (AvgIpc) is 1.97. The second-order valence-electron chi connectivity index (χ2n) is 5.61. The van der Waals surface area contributed by atoms with E-state index in [2.05, 4.69) is 40.4 Å². The molecule has 0 radical (unpaired) electrons. The van der Waals surface area contributed by atoms with Crippen LogP contribution in [0, 0.1) is 0 Å². The van der Waals surface area contributed by atoms with Crippen molar-refractivity contribution in [3.8, 4) is 0 Å². The molecule has 15 heavy (non-hydrogen) atoms. The molecule has 0 saturated carbocycles. The monoisotopic (exact) mass is 227 g/mol. The van der Waals surface area contributed by atoms with Gasteiger partial charge in [-0.15, -0.1) is 0 Å². The molecule has 0 rings (SSSR count). The van der Waals surface area contributed by atoms with Crippen molar-refractivity contribution in [1.82, 2.24) is 4.90 Å². The molecule has 0 saturated heterocycles. The summed E-state index contributed by atoms with van der Waals surface area (Å²) in [6, 6.07) is 0. The lowest BCUT2D eigenvalue weighted by atomic mass is 10.2. The number of hydrogen-bond acceptors (Lipinski definition) is 2.